The van der Waals surface area contributed by atoms with E-state index in [0.717, 1.165) is 15.5 Å². The van der Waals surface area contributed by atoms with Gasteiger partial charge in [-0.3, -0.25) is 55.2 Å². The van der Waals surface area contributed by atoms with Crippen LogP contribution in [-0.2, 0) is 59.8 Å². The number of aromatic nitrogens is 12. The quantitative estimate of drug-likeness (QED) is 0.0363. The normalized spacial score (nSPS) is 29.8. The van der Waals surface area contributed by atoms with E-state index in [-0.39, 0.29) is 65.0 Å². The number of phosphoric ester groups is 3. The molecule has 10 rings (SSSR count). The van der Waals surface area contributed by atoms with Gasteiger partial charge in [0.1, 0.15) is 91.1 Å². The Bertz CT molecular complexity index is 3530. The number of imidazole rings is 2. The Labute approximate surface area is 434 Å². The highest BCUT2D eigenvalue weighted by Crippen LogP contribution is 2.54. The predicted molar refractivity (Wildman–Crippen MR) is 257 cm³/mol. The number of rotatable bonds is 20. The van der Waals surface area contributed by atoms with Crippen molar-refractivity contribution < 1.29 is 84.7 Å². The topological polar surface area (TPSA) is 526 Å². The standard InChI is InChI=1S/C38H49N16O21P3/c39-24-1-3-51(37(58)47-24)27-6-17(20(9-55)69-27)73-77(62,63)67-11-22-18(7-28(71-22)52-4-2-25(40)48-38(52)59)74-78(64,65)68-12-23-19(8-29(72-23)53-14-45-30-32(41)43-13-44-33(30)53)75-76(60,61)66-10-21-16(56)5-26(70-21)54-15-46-31-34(54)49-36(42)50-35(31)57/h1-4,13-23,26-29,55-56H,5-12H2,(H,60,61)(H,62,63)(H,64,65)(H2,39,47,58)(H2,40,48,59)(H2,41,43,44)(H3,42,49,50,57)/t16-,17-,18-,19-,20+,21+,22+,23+,26+,27+,28+,29+/m0/s1. The van der Waals surface area contributed by atoms with E-state index in [1.54, 1.807) is 0 Å². The van der Waals surface area contributed by atoms with Crippen molar-refractivity contribution in [1.29, 1.82) is 0 Å². The number of aliphatic hydroxyl groups excluding tert-OH is 2. The number of anilines is 4. The van der Waals surface area contributed by atoms with Crippen molar-refractivity contribution >= 4 is 69.2 Å². The average Bonchev–Trinajstić information content (AvgIpc) is 4.27. The predicted octanol–water partition coefficient (Wildman–Crippen LogP) is -2.19. The van der Waals surface area contributed by atoms with Crippen LogP contribution >= 0.6 is 23.5 Å². The van der Waals surface area contributed by atoms with Crippen molar-refractivity contribution in [2.24, 2.45) is 0 Å². The molecule has 422 valence electrons. The van der Waals surface area contributed by atoms with Gasteiger partial charge in [0.15, 0.2) is 22.6 Å². The second kappa shape index (κ2) is 21.9. The van der Waals surface area contributed by atoms with E-state index in [1.807, 2.05) is 0 Å². The van der Waals surface area contributed by atoms with Crippen molar-refractivity contribution in [3.8, 4) is 0 Å². The summed E-state index contributed by atoms with van der Waals surface area (Å²) in [5.74, 6) is -0.413. The van der Waals surface area contributed by atoms with Crippen LogP contribution in [0.15, 0.2) is 57.9 Å². The number of hydrogen-bond acceptors (Lipinski definition) is 29. The fraction of sp³-hybridized carbons (Fsp3) is 0.526. The molecule has 0 spiro atoms. The molecule has 37 nitrogen and oxygen atoms in total. The molecular weight excluding hydrogens is 1110 g/mol. The van der Waals surface area contributed by atoms with Crippen molar-refractivity contribution in [3.63, 3.8) is 0 Å². The molecular formula is C38H49N16O21P3. The molecule has 6 aromatic rings. The van der Waals surface area contributed by atoms with Gasteiger partial charge in [0.25, 0.3) is 5.56 Å². The summed E-state index contributed by atoms with van der Waals surface area (Å²) in [5, 5.41) is 20.9. The van der Waals surface area contributed by atoms with Crippen molar-refractivity contribution in [2.75, 3.05) is 49.4 Å². The lowest BCUT2D eigenvalue weighted by Gasteiger charge is -2.25. The third-order valence-electron chi connectivity index (χ3n) is 12.7. The zero-order chi connectivity index (χ0) is 55.4. The van der Waals surface area contributed by atoms with Gasteiger partial charge in [0.05, 0.1) is 45.2 Å². The molecule has 10 heterocycles. The Morgan fingerprint density at radius 3 is 1.56 bits per heavy atom. The summed E-state index contributed by atoms with van der Waals surface area (Å²) in [5.41, 5.74) is 20.9. The van der Waals surface area contributed by atoms with Crippen molar-refractivity contribution in [1.82, 2.24) is 58.1 Å². The zero-order valence-corrected chi connectivity index (χ0v) is 42.6. The average molecular weight is 1160 g/mol. The summed E-state index contributed by atoms with van der Waals surface area (Å²) in [4.78, 5) is 101. The Hall–Kier alpha value is -6.05. The molecule has 6 aromatic heterocycles. The molecule has 4 aliphatic heterocycles. The molecule has 78 heavy (non-hydrogen) atoms. The molecule has 0 amide bonds. The van der Waals surface area contributed by atoms with Crippen LogP contribution in [0.4, 0.5) is 23.4 Å². The highest BCUT2D eigenvalue weighted by atomic mass is 31.2. The van der Waals surface area contributed by atoms with Crippen LogP contribution in [0, 0.1) is 0 Å². The lowest BCUT2D eigenvalue weighted by Crippen LogP contribution is -2.31. The molecule has 4 aliphatic rings. The smallest absolute Gasteiger partial charge is 0.394 e. The second-order valence-corrected chi connectivity index (χ2v) is 22.1. The first kappa shape index (κ1) is 55.3. The molecule has 0 aromatic carbocycles. The summed E-state index contributed by atoms with van der Waals surface area (Å²) in [6.07, 6.45) is -10.6. The molecule has 4 saturated heterocycles. The summed E-state index contributed by atoms with van der Waals surface area (Å²) in [7, 11) is -15.7. The van der Waals surface area contributed by atoms with E-state index < -0.39 is 147 Å². The first-order valence-corrected chi connectivity index (χ1v) is 27.7. The maximum Gasteiger partial charge on any atom is 0.472 e. The maximum absolute atomic E-state index is 13.9. The number of hydrogen-bond donors (Lipinski definition) is 10. The largest absolute Gasteiger partial charge is 0.472 e. The van der Waals surface area contributed by atoms with E-state index in [9.17, 15) is 53.0 Å². The Balaban J connectivity index is 0.821. The molecule has 40 heteroatoms. The third-order valence-corrected chi connectivity index (χ3v) is 15.8. The van der Waals surface area contributed by atoms with E-state index in [2.05, 4.69) is 39.9 Å². The molecule has 0 saturated carbocycles. The minimum absolute atomic E-state index is 0.0120. The SMILES string of the molecule is Nc1ccn([C@H]2C[C@H](OP(=O)(O)OC[C@H]3O[C@@H](n4ccc(N)nc4=O)C[C@@H]3OP(=O)(O)OC[C@H]3O[C@@H](n4cnc5c(N)ncnc54)C[C@@H]3OP(=O)(O)OC[C@H]3O[C@@H](n4cnc5c(=O)[nH]c(N)nc54)C[C@@H]3O)[C@@H](CO)O2)c(=O)n1. The van der Waals surface area contributed by atoms with Gasteiger partial charge in [-0.15, -0.1) is 0 Å². The fourth-order valence-electron chi connectivity index (χ4n) is 9.08. The number of nitrogens with one attached hydrogen (secondary N) is 1. The lowest BCUT2D eigenvalue weighted by molar-refractivity contribution is -0.0630. The van der Waals surface area contributed by atoms with Gasteiger partial charge in [-0.25, -0.2) is 43.2 Å². The van der Waals surface area contributed by atoms with Crippen LogP contribution in [0.5, 0.6) is 0 Å². The van der Waals surface area contributed by atoms with Crippen LogP contribution < -0.4 is 39.9 Å². The summed E-state index contributed by atoms with van der Waals surface area (Å²) >= 11 is 0. The molecule has 0 bridgehead atoms. The summed E-state index contributed by atoms with van der Waals surface area (Å²) in [6, 6.07) is 2.57. The van der Waals surface area contributed by atoms with Crippen LogP contribution in [0.2, 0.25) is 0 Å². The Morgan fingerprint density at radius 1 is 0.590 bits per heavy atom. The number of H-pyrrole nitrogens is 1. The third kappa shape index (κ3) is 11.9. The minimum atomic E-state index is -5.34. The molecule has 15 atom stereocenters. The van der Waals surface area contributed by atoms with Gasteiger partial charge in [-0.1, -0.05) is 0 Å². The van der Waals surface area contributed by atoms with Crippen LogP contribution in [0.25, 0.3) is 22.3 Å². The first-order chi connectivity index (χ1) is 37.0. The van der Waals surface area contributed by atoms with Gasteiger partial charge >= 0.3 is 34.8 Å². The molecule has 3 unspecified atom stereocenters. The molecule has 4 fully saturated rings. The van der Waals surface area contributed by atoms with Crippen molar-refractivity contribution in [3.05, 3.63) is 74.8 Å². The van der Waals surface area contributed by atoms with Gasteiger partial charge in [-0.05, 0) is 12.1 Å². The monoisotopic (exact) mass is 1160 g/mol. The fourth-order valence-corrected chi connectivity index (χ4v) is 12.0. The number of nitrogens with two attached hydrogens (primary N) is 4. The van der Waals surface area contributed by atoms with Gasteiger partial charge in [0.2, 0.25) is 5.95 Å². The first-order valence-electron chi connectivity index (χ1n) is 23.2. The van der Waals surface area contributed by atoms with E-state index in [1.165, 1.54) is 46.3 Å². The van der Waals surface area contributed by atoms with E-state index in [0.29, 0.717) is 0 Å². The zero-order valence-electron chi connectivity index (χ0n) is 40.0. The number of aromatic amines is 1. The van der Waals surface area contributed by atoms with Gasteiger partial charge in [-0.2, -0.15) is 15.0 Å². The van der Waals surface area contributed by atoms with Crippen LogP contribution in [0.3, 0.4) is 0 Å². The van der Waals surface area contributed by atoms with E-state index >= 15 is 0 Å². The van der Waals surface area contributed by atoms with Crippen LogP contribution in [0.1, 0.15) is 50.6 Å². The molecule has 0 aliphatic carbocycles. The van der Waals surface area contributed by atoms with Crippen LogP contribution in [-0.4, -0.2) is 158 Å². The molecule has 0 radical (unpaired) electrons. The second-order valence-electron chi connectivity index (χ2n) is 17.9. The number of fused-ring (bicyclic) bond motifs is 2. The van der Waals surface area contributed by atoms with Gasteiger partial charge < -0.3 is 66.8 Å². The highest BCUT2D eigenvalue weighted by Gasteiger charge is 2.48. The lowest BCUT2D eigenvalue weighted by atomic mass is 10.2. The number of nitrogen functional groups attached to an aromatic ring is 4. The van der Waals surface area contributed by atoms with E-state index in [4.69, 9.17) is 69.0 Å². The van der Waals surface area contributed by atoms with Crippen molar-refractivity contribution in [2.45, 2.75) is 99.4 Å². The number of aliphatic hydroxyl groups is 2. The maximum atomic E-state index is 13.9. The Morgan fingerprint density at radius 2 is 1.04 bits per heavy atom. The summed E-state index contributed by atoms with van der Waals surface area (Å²) < 4.78 is 102. The number of phosphoric acid groups is 3. The Kier molecular flexibility index (Phi) is 15.5. The minimum Gasteiger partial charge on any atom is -0.394 e. The highest BCUT2D eigenvalue weighted by molar-refractivity contribution is 7.48. The number of nitrogens with zero attached hydrogens (tertiary/aromatic N) is 11. The van der Waals surface area contributed by atoms with Gasteiger partial charge in [0, 0.05) is 38.1 Å². The molecule has 14 N–H and O–H groups in total. The number of ether oxygens (including phenoxy) is 4. The summed E-state index contributed by atoms with van der Waals surface area (Å²) in [6.45, 7) is -3.25.